The van der Waals surface area contributed by atoms with Gasteiger partial charge in [-0.25, -0.2) is 0 Å². The summed E-state index contributed by atoms with van der Waals surface area (Å²) in [4.78, 5) is 3.35. The van der Waals surface area contributed by atoms with Crippen molar-refractivity contribution in [2.45, 2.75) is 44.9 Å². The third-order valence-corrected chi connectivity index (χ3v) is 5.20. The highest BCUT2D eigenvalue weighted by molar-refractivity contribution is 7.12. The number of aryl methyl sites for hydroxylation is 2. The molecule has 1 fully saturated rings. The van der Waals surface area contributed by atoms with Crippen molar-refractivity contribution < 1.29 is 0 Å². The van der Waals surface area contributed by atoms with E-state index in [-0.39, 0.29) is 0 Å². The van der Waals surface area contributed by atoms with Crippen LogP contribution in [0.1, 0.15) is 41.0 Å². The zero-order chi connectivity index (χ0) is 10.8. The van der Waals surface area contributed by atoms with Crippen LogP contribution in [0.5, 0.6) is 0 Å². The number of piperidine rings is 1. The molecule has 2 heteroatoms. The van der Waals surface area contributed by atoms with Gasteiger partial charge in [0.1, 0.15) is 0 Å². The second-order valence-corrected chi connectivity index (χ2v) is 6.51. The maximum Gasteiger partial charge on any atom is 0.00801 e. The van der Waals surface area contributed by atoms with E-state index in [4.69, 9.17) is 0 Å². The molecular weight excluding hydrogens is 214 g/mol. The highest BCUT2D eigenvalue weighted by Crippen LogP contribution is 2.31. The number of rotatable bonds is 2. The summed E-state index contributed by atoms with van der Waals surface area (Å²) in [6, 6.07) is 2.51. The molecular formula is C14H21NS. The van der Waals surface area contributed by atoms with Gasteiger partial charge in [-0.05, 0) is 75.6 Å². The molecule has 16 heavy (non-hydrogen) atoms. The number of hydrogen-bond donors (Lipinski definition) is 1. The highest BCUT2D eigenvalue weighted by Gasteiger charge is 2.17. The zero-order valence-corrected chi connectivity index (χ0v) is 10.7. The number of nitrogens with one attached hydrogen (secondary N) is 1. The van der Waals surface area contributed by atoms with E-state index in [1.807, 2.05) is 0 Å². The van der Waals surface area contributed by atoms with Gasteiger partial charge in [0.15, 0.2) is 0 Å². The summed E-state index contributed by atoms with van der Waals surface area (Å²) >= 11 is 2.10. The summed E-state index contributed by atoms with van der Waals surface area (Å²) in [6.45, 7) is 2.47. The third kappa shape index (κ3) is 2.33. The predicted octanol–water partition coefficient (Wildman–Crippen LogP) is 3.17. The van der Waals surface area contributed by atoms with Crippen molar-refractivity contribution in [1.82, 2.24) is 5.32 Å². The van der Waals surface area contributed by atoms with Gasteiger partial charge >= 0.3 is 0 Å². The Morgan fingerprint density at radius 2 is 2.19 bits per heavy atom. The zero-order valence-electron chi connectivity index (χ0n) is 9.93. The van der Waals surface area contributed by atoms with E-state index < -0.39 is 0 Å². The summed E-state index contributed by atoms with van der Waals surface area (Å²) in [6.07, 6.45) is 9.64. The van der Waals surface area contributed by atoms with E-state index in [0.29, 0.717) is 0 Å². The largest absolute Gasteiger partial charge is 0.316 e. The number of thiophene rings is 1. The smallest absolute Gasteiger partial charge is 0.00801 e. The monoisotopic (exact) mass is 235 g/mol. The fourth-order valence-electron chi connectivity index (χ4n) is 3.04. The first kappa shape index (κ1) is 10.8. The Kier molecular flexibility index (Phi) is 3.30. The van der Waals surface area contributed by atoms with Gasteiger partial charge in [-0.1, -0.05) is 0 Å². The molecule has 1 atom stereocenters. The number of hydrogen-bond acceptors (Lipinski definition) is 2. The van der Waals surface area contributed by atoms with E-state index in [0.717, 1.165) is 5.92 Å². The van der Waals surface area contributed by atoms with Gasteiger partial charge in [0.2, 0.25) is 0 Å². The first-order valence-corrected chi connectivity index (χ1v) is 7.54. The lowest BCUT2D eigenvalue weighted by Gasteiger charge is -2.21. The topological polar surface area (TPSA) is 12.0 Å². The highest BCUT2D eigenvalue weighted by atomic mass is 32.1. The summed E-state index contributed by atoms with van der Waals surface area (Å²) < 4.78 is 0. The molecule has 1 N–H and O–H groups in total. The van der Waals surface area contributed by atoms with Gasteiger partial charge in [-0.3, -0.25) is 0 Å². The predicted molar refractivity (Wildman–Crippen MR) is 70.3 cm³/mol. The van der Waals surface area contributed by atoms with Crippen molar-refractivity contribution in [2.24, 2.45) is 5.92 Å². The molecule has 2 aliphatic rings. The first-order chi connectivity index (χ1) is 7.92. The van der Waals surface area contributed by atoms with Crippen LogP contribution in [0, 0.1) is 5.92 Å². The van der Waals surface area contributed by atoms with Crippen LogP contribution in [0.4, 0.5) is 0 Å². The van der Waals surface area contributed by atoms with E-state index >= 15 is 0 Å². The molecule has 1 nitrogen and oxygen atoms in total. The van der Waals surface area contributed by atoms with Crippen molar-refractivity contribution in [2.75, 3.05) is 13.1 Å². The molecule has 0 radical (unpaired) electrons. The maximum atomic E-state index is 3.52. The Labute approximate surface area is 102 Å². The minimum Gasteiger partial charge on any atom is -0.316 e. The van der Waals surface area contributed by atoms with Crippen LogP contribution in [0.3, 0.4) is 0 Å². The molecule has 0 spiro atoms. The molecule has 1 unspecified atom stereocenters. The van der Waals surface area contributed by atoms with Crippen LogP contribution >= 0.6 is 11.3 Å². The van der Waals surface area contributed by atoms with Crippen LogP contribution in [-0.4, -0.2) is 13.1 Å². The van der Waals surface area contributed by atoms with E-state index in [1.54, 1.807) is 15.3 Å². The van der Waals surface area contributed by atoms with Crippen molar-refractivity contribution in [1.29, 1.82) is 0 Å². The van der Waals surface area contributed by atoms with Crippen LogP contribution in [0.2, 0.25) is 0 Å². The van der Waals surface area contributed by atoms with Crippen molar-refractivity contribution >= 4 is 11.3 Å². The third-order valence-electron chi connectivity index (χ3n) is 3.94. The molecule has 0 aromatic carbocycles. The van der Waals surface area contributed by atoms with Crippen LogP contribution in [0.25, 0.3) is 0 Å². The molecule has 2 heterocycles. The fourth-order valence-corrected chi connectivity index (χ4v) is 4.41. The Balaban J connectivity index is 1.67. The quantitative estimate of drug-likeness (QED) is 0.830. The first-order valence-electron chi connectivity index (χ1n) is 6.73. The summed E-state index contributed by atoms with van der Waals surface area (Å²) in [5.74, 6) is 0.897. The molecule has 0 amide bonds. The Bertz CT molecular complexity index is 326. The molecule has 1 aromatic heterocycles. The lowest BCUT2D eigenvalue weighted by atomic mass is 9.94. The lowest BCUT2D eigenvalue weighted by molar-refractivity contribution is 0.378. The lowest BCUT2D eigenvalue weighted by Crippen LogP contribution is -2.30. The van der Waals surface area contributed by atoms with Crippen LogP contribution in [0.15, 0.2) is 6.07 Å². The number of fused-ring (bicyclic) bond motifs is 1. The fraction of sp³-hybridized carbons (Fsp3) is 0.714. The molecule has 1 aliphatic heterocycles. The van der Waals surface area contributed by atoms with Gasteiger partial charge in [0, 0.05) is 9.75 Å². The van der Waals surface area contributed by atoms with E-state index in [2.05, 4.69) is 22.7 Å². The molecule has 0 saturated carbocycles. The summed E-state index contributed by atoms with van der Waals surface area (Å²) in [7, 11) is 0. The average Bonchev–Trinajstić information content (AvgIpc) is 2.72. The summed E-state index contributed by atoms with van der Waals surface area (Å²) in [5, 5.41) is 3.52. The normalized spacial score (nSPS) is 25.4. The molecule has 1 aliphatic carbocycles. The standard InChI is InChI=1S/C14H21NS/c1-2-6-14-12(5-1)9-13(16-14)8-11-4-3-7-15-10-11/h9,11,15H,1-8,10H2. The van der Waals surface area contributed by atoms with Gasteiger partial charge in [-0.15, -0.1) is 11.3 Å². The minimum atomic E-state index is 0.897. The molecule has 88 valence electrons. The van der Waals surface area contributed by atoms with E-state index in [9.17, 15) is 0 Å². The van der Waals surface area contributed by atoms with Gasteiger partial charge < -0.3 is 5.32 Å². The maximum absolute atomic E-state index is 3.52. The Hall–Kier alpha value is -0.340. The summed E-state index contributed by atoms with van der Waals surface area (Å²) in [5.41, 5.74) is 1.68. The SMILES string of the molecule is c1c(CC2CCCNC2)sc2c1CCCC2. The van der Waals surface area contributed by atoms with Crippen molar-refractivity contribution in [3.63, 3.8) is 0 Å². The Morgan fingerprint density at radius 1 is 1.25 bits per heavy atom. The molecule has 0 bridgehead atoms. The van der Waals surface area contributed by atoms with Crippen molar-refractivity contribution in [3.8, 4) is 0 Å². The average molecular weight is 235 g/mol. The van der Waals surface area contributed by atoms with Crippen molar-refractivity contribution in [3.05, 3.63) is 21.4 Å². The van der Waals surface area contributed by atoms with Gasteiger partial charge in [-0.2, -0.15) is 0 Å². The van der Waals surface area contributed by atoms with Gasteiger partial charge in [0.25, 0.3) is 0 Å². The van der Waals surface area contributed by atoms with Crippen LogP contribution in [-0.2, 0) is 19.3 Å². The second kappa shape index (κ2) is 4.89. The van der Waals surface area contributed by atoms with Crippen LogP contribution < -0.4 is 5.32 Å². The minimum absolute atomic E-state index is 0.897. The van der Waals surface area contributed by atoms with E-state index in [1.165, 1.54) is 58.0 Å². The molecule has 3 rings (SSSR count). The Morgan fingerprint density at radius 3 is 3.00 bits per heavy atom. The second-order valence-electron chi connectivity index (χ2n) is 5.28. The molecule has 1 saturated heterocycles. The van der Waals surface area contributed by atoms with Gasteiger partial charge in [0.05, 0.1) is 0 Å². The molecule has 1 aromatic rings.